The molecule has 2 rings (SSSR count). The van der Waals surface area contributed by atoms with Gasteiger partial charge in [-0.2, -0.15) is 13.2 Å². The molecular formula is C14H10F5NO. The number of nitrogen functional groups attached to an aromatic ring is 1. The van der Waals surface area contributed by atoms with Crippen LogP contribution < -0.4 is 10.5 Å². The SMILES string of the molecule is Nc1cccc(COc2ccc(F)c(C(F)(F)F)c2)c1F. The van der Waals surface area contributed by atoms with E-state index in [0.717, 1.165) is 6.07 Å². The van der Waals surface area contributed by atoms with Crippen molar-refractivity contribution in [2.75, 3.05) is 5.73 Å². The molecule has 7 heteroatoms. The van der Waals surface area contributed by atoms with E-state index in [-0.39, 0.29) is 23.6 Å². The minimum atomic E-state index is -4.83. The van der Waals surface area contributed by atoms with Crippen molar-refractivity contribution < 1.29 is 26.7 Å². The van der Waals surface area contributed by atoms with Crippen LogP contribution in [0.25, 0.3) is 0 Å². The number of anilines is 1. The highest BCUT2D eigenvalue weighted by Crippen LogP contribution is 2.33. The quantitative estimate of drug-likeness (QED) is 0.683. The molecule has 0 aliphatic heterocycles. The van der Waals surface area contributed by atoms with Crippen molar-refractivity contribution in [2.24, 2.45) is 0 Å². The average Bonchev–Trinajstić information content (AvgIpc) is 2.40. The van der Waals surface area contributed by atoms with E-state index in [2.05, 4.69) is 0 Å². The number of ether oxygens (including phenoxy) is 1. The largest absolute Gasteiger partial charge is 0.489 e. The fourth-order valence-electron chi connectivity index (χ4n) is 1.68. The number of hydrogen-bond acceptors (Lipinski definition) is 2. The minimum Gasteiger partial charge on any atom is -0.489 e. The van der Waals surface area contributed by atoms with Gasteiger partial charge in [-0.05, 0) is 24.3 Å². The molecule has 2 N–H and O–H groups in total. The van der Waals surface area contributed by atoms with Crippen LogP contribution in [0.1, 0.15) is 11.1 Å². The van der Waals surface area contributed by atoms with Crippen molar-refractivity contribution in [3.8, 4) is 5.75 Å². The number of hydrogen-bond donors (Lipinski definition) is 1. The zero-order chi connectivity index (χ0) is 15.6. The van der Waals surface area contributed by atoms with E-state index in [9.17, 15) is 22.0 Å². The van der Waals surface area contributed by atoms with Crippen LogP contribution in [-0.2, 0) is 12.8 Å². The molecule has 0 spiro atoms. The predicted octanol–water partition coefficient (Wildman–Crippen LogP) is 4.14. The molecule has 0 bridgehead atoms. The van der Waals surface area contributed by atoms with Crippen LogP contribution in [-0.4, -0.2) is 0 Å². The second-order valence-electron chi connectivity index (χ2n) is 4.25. The van der Waals surface area contributed by atoms with Crippen LogP contribution >= 0.6 is 0 Å². The third-order valence-corrected chi connectivity index (χ3v) is 2.75. The second kappa shape index (κ2) is 5.59. The average molecular weight is 303 g/mol. The highest BCUT2D eigenvalue weighted by atomic mass is 19.4. The first-order chi connectivity index (χ1) is 9.79. The first kappa shape index (κ1) is 15.1. The molecule has 0 aliphatic rings. The lowest BCUT2D eigenvalue weighted by Crippen LogP contribution is -2.09. The molecule has 112 valence electrons. The highest BCUT2D eigenvalue weighted by Gasteiger charge is 2.34. The summed E-state index contributed by atoms with van der Waals surface area (Å²) in [7, 11) is 0. The van der Waals surface area contributed by atoms with Crippen LogP contribution in [0.4, 0.5) is 27.6 Å². The molecule has 2 nitrogen and oxygen atoms in total. The second-order valence-corrected chi connectivity index (χ2v) is 4.25. The van der Waals surface area contributed by atoms with E-state index in [4.69, 9.17) is 10.5 Å². The van der Waals surface area contributed by atoms with Gasteiger partial charge in [-0.25, -0.2) is 8.78 Å². The topological polar surface area (TPSA) is 35.2 Å². The lowest BCUT2D eigenvalue weighted by Gasteiger charge is -2.12. The zero-order valence-corrected chi connectivity index (χ0v) is 10.5. The van der Waals surface area contributed by atoms with Gasteiger partial charge in [0.15, 0.2) is 5.82 Å². The molecule has 2 aromatic rings. The standard InChI is InChI=1S/C14H10F5NO/c15-11-5-4-9(6-10(11)14(17,18)19)21-7-8-2-1-3-12(20)13(8)16/h1-6H,7,20H2. The maximum atomic E-state index is 13.6. The van der Waals surface area contributed by atoms with Crippen molar-refractivity contribution in [2.45, 2.75) is 12.8 Å². The summed E-state index contributed by atoms with van der Waals surface area (Å²) in [5.41, 5.74) is 3.92. The molecule has 0 aliphatic carbocycles. The fraction of sp³-hybridized carbons (Fsp3) is 0.143. The van der Waals surface area contributed by atoms with Crippen LogP contribution in [0, 0.1) is 11.6 Å². The molecule has 0 atom stereocenters. The van der Waals surface area contributed by atoms with Gasteiger partial charge in [0.05, 0.1) is 11.3 Å². The van der Waals surface area contributed by atoms with E-state index in [1.165, 1.54) is 18.2 Å². The van der Waals surface area contributed by atoms with Gasteiger partial charge in [-0.15, -0.1) is 0 Å². The summed E-state index contributed by atoms with van der Waals surface area (Å²) in [4.78, 5) is 0. The molecule has 0 saturated heterocycles. The number of rotatable bonds is 3. The molecule has 0 heterocycles. The van der Waals surface area contributed by atoms with Crippen molar-refractivity contribution in [1.29, 1.82) is 0 Å². The summed E-state index contributed by atoms with van der Waals surface area (Å²) in [5, 5.41) is 0. The number of halogens is 5. The molecule has 0 unspecified atom stereocenters. The highest BCUT2D eigenvalue weighted by molar-refractivity contribution is 5.43. The Balaban J connectivity index is 2.19. The maximum Gasteiger partial charge on any atom is 0.419 e. The smallest absolute Gasteiger partial charge is 0.419 e. The Morgan fingerprint density at radius 2 is 1.76 bits per heavy atom. The van der Waals surface area contributed by atoms with Crippen LogP contribution in [0.15, 0.2) is 36.4 Å². The summed E-state index contributed by atoms with van der Waals surface area (Å²) < 4.78 is 69.4. The summed E-state index contributed by atoms with van der Waals surface area (Å²) >= 11 is 0. The van der Waals surface area contributed by atoms with Gasteiger partial charge in [-0.1, -0.05) is 12.1 Å². The number of benzene rings is 2. The first-order valence-corrected chi connectivity index (χ1v) is 5.81. The molecule has 0 saturated carbocycles. The van der Waals surface area contributed by atoms with Crippen molar-refractivity contribution in [3.05, 3.63) is 59.2 Å². The molecular weight excluding hydrogens is 293 g/mol. The summed E-state index contributed by atoms with van der Waals surface area (Å²) in [5.74, 6) is -2.31. The first-order valence-electron chi connectivity index (χ1n) is 5.81. The summed E-state index contributed by atoms with van der Waals surface area (Å²) in [6, 6.07) is 6.43. The van der Waals surface area contributed by atoms with Crippen molar-refractivity contribution >= 4 is 5.69 Å². The molecule has 0 aromatic heterocycles. The normalized spacial score (nSPS) is 11.5. The maximum absolute atomic E-state index is 13.6. The molecule has 0 fully saturated rings. The van der Waals surface area contributed by atoms with Gasteiger partial charge >= 0.3 is 6.18 Å². The van der Waals surface area contributed by atoms with E-state index in [1.807, 2.05) is 0 Å². The zero-order valence-electron chi connectivity index (χ0n) is 10.5. The summed E-state index contributed by atoms with van der Waals surface area (Å²) in [6.07, 6.45) is -4.83. The Bertz CT molecular complexity index is 654. The van der Waals surface area contributed by atoms with Crippen molar-refractivity contribution in [1.82, 2.24) is 0 Å². The Kier molecular flexibility index (Phi) is 4.02. The van der Waals surface area contributed by atoms with E-state index < -0.39 is 23.4 Å². The lowest BCUT2D eigenvalue weighted by molar-refractivity contribution is -0.140. The number of alkyl halides is 3. The van der Waals surface area contributed by atoms with Crippen LogP contribution in [0.3, 0.4) is 0 Å². The van der Waals surface area contributed by atoms with Gasteiger partial charge < -0.3 is 10.5 Å². The third-order valence-electron chi connectivity index (χ3n) is 2.75. The minimum absolute atomic E-state index is 0.0906. The third kappa shape index (κ3) is 3.42. The van der Waals surface area contributed by atoms with E-state index in [1.54, 1.807) is 0 Å². The van der Waals surface area contributed by atoms with E-state index >= 15 is 0 Å². The molecule has 2 aromatic carbocycles. The summed E-state index contributed by atoms with van der Waals surface area (Å²) in [6.45, 7) is -0.320. The van der Waals surface area contributed by atoms with Gasteiger partial charge in [0.25, 0.3) is 0 Å². The Morgan fingerprint density at radius 3 is 2.43 bits per heavy atom. The van der Waals surface area contributed by atoms with Gasteiger partial charge in [0, 0.05) is 5.56 Å². The Morgan fingerprint density at radius 1 is 1.05 bits per heavy atom. The predicted molar refractivity (Wildman–Crippen MR) is 66.5 cm³/mol. The van der Waals surface area contributed by atoms with Gasteiger partial charge in [0.2, 0.25) is 0 Å². The van der Waals surface area contributed by atoms with E-state index in [0.29, 0.717) is 12.1 Å². The van der Waals surface area contributed by atoms with Crippen LogP contribution in [0.5, 0.6) is 5.75 Å². The fourth-order valence-corrected chi connectivity index (χ4v) is 1.68. The molecule has 0 amide bonds. The van der Waals surface area contributed by atoms with Crippen molar-refractivity contribution in [3.63, 3.8) is 0 Å². The molecule has 0 radical (unpaired) electrons. The van der Waals surface area contributed by atoms with Crippen LogP contribution in [0.2, 0.25) is 0 Å². The molecule has 21 heavy (non-hydrogen) atoms. The number of nitrogens with two attached hydrogens (primary N) is 1. The monoisotopic (exact) mass is 303 g/mol. The Labute approximate surface area is 116 Å². The Hall–Kier alpha value is -2.31. The van der Waals surface area contributed by atoms with Gasteiger partial charge in [-0.3, -0.25) is 0 Å². The lowest BCUT2D eigenvalue weighted by atomic mass is 10.2. The van der Waals surface area contributed by atoms with Gasteiger partial charge in [0.1, 0.15) is 18.2 Å².